The summed E-state index contributed by atoms with van der Waals surface area (Å²) in [5.41, 5.74) is 3.84. The molecule has 3 rings (SSSR count). The van der Waals surface area contributed by atoms with Crippen molar-refractivity contribution in [3.8, 4) is 0 Å². The monoisotopic (exact) mass is 339 g/mol. The molecular formula is C18H14FN3O3. The topological polar surface area (TPSA) is 83.8 Å². The van der Waals surface area contributed by atoms with Crippen molar-refractivity contribution in [3.05, 3.63) is 77.2 Å². The molecule has 0 saturated heterocycles. The van der Waals surface area contributed by atoms with E-state index >= 15 is 0 Å². The first-order chi connectivity index (χ1) is 12.2. The summed E-state index contributed by atoms with van der Waals surface area (Å²) in [6.45, 7) is 0.0762. The summed E-state index contributed by atoms with van der Waals surface area (Å²) >= 11 is 0. The zero-order valence-electron chi connectivity index (χ0n) is 13.0. The first-order valence-electron chi connectivity index (χ1n) is 7.40. The van der Waals surface area contributed by atoms with Crippen molar-refractivity contribution < 1.29 is 19.2 Å². The summed E-state index contributed by atoms with van der Waals surface area (Å²) in [6, 6.07) is 12.7. The highest BCUT2D eigenvalue weighted by molar-refractivity contribution is 5.94. The lowest BCUT2D eigenvalue weighted by molar-refractivity contribution is 0.0706. The van der Waals surface area contributed by atoms with Crippen LogP contribution in [0.2, 0.25) is 0 Å². The quantitative estimate of drug-likeness (QED) is 0.425. The molecule has 2 N–H and O–H groups in total. The van der Waals surface area contributed by atoms with Gasteiger partial charge < -0.3 is 4.84 Å². The highest BCUT2D eigenvalue weighted by Gasteiger charge is 2.06. The molecule has 3 aromatic rings. The Morgan fingerprint density at radius 2 is 2.08 bits per heavy atom. The molecule has 0 aliphatic carbocycles. The van der Waals surface area contributed by atoms with Gasteiger partial charge in [0, 0.05) is 22.7 Å². The predicted octanol–water partition coefficient (Wildman–Crippen LogP) is 3.04. The number of nitrogens with zero attached hydrogens (tertiary/aromatic N) is 2. The van der Waals surface area contributed by atoms with Gasteiger partial charge in [-0.15, -0.1) is 0 Å². The van der Waals surface area contributed by atoms with Crippen LogP contribution in [0.5, 0.6) is 0 Å². The highest BCUT2D eigenvalue weighted by Crippen LogP contribution is 2.19. The molecule has 6 nitrogen and oxygen atoms in total. The largest absolute Gasteiger partial charge is 0.391 e. The molecule has 0 spiro atoms. The summed E-state index contributed by atoms with van der Waals surface area (Å²) in [5, 5.41) is 13.1. The number of hydrogen-bond acceptors (Lipinski definition) is 5. The number of carbonyl (C=O) groups excluding carboxylic acids is 1. The number of rotatable bonds is 5. The Morgan fingerprint density at radius 1 is 1.28 bits per heavy atom. The smallest absolute Gasteiger partial charge is 0.274 e. The van der Waals surface area contributed by atoms with Gasteiger partial charge in [0.2, 0.25) is 0 Å². The van der Waals surface area contributed by atoms with E-state index in [4.69, 9.17) is 10.0 Å². The summed E-state index contributed by atoms with van der Waals surface area (Å²) in [6.07, 6.45) is 3.10. The number of halogens is 1. The lowest BCUT2D eigenvalue weighted by Crippen LogP contribution is -2.18. The lowest BCUT2D eigenvalue weighted by atomic mass is 10.1. The summed E-state index contributed by atoms with van der Waals surface area (Å²) in [7, 11) is 0. The van der Waals surface area contributed by atoms with E-state index in [2.05, 4.69) is 10.1 Å². The molecule has 0 fully saturated rings. The van der Waals surface area contributed by atoms with Crippen LogP contribution in [-0.4, -0.2) is 22.3 Å². The first-order valence-corrected chi connectivity index (χ1v) is 7.40. The molecule has 0 bridgehead atoms. The van der Waals surface area contributed by atoms with Gasteiger partial charge in [0.1, 0.15) is 12.4 Å². The molecule has 1 amide bonds. The van der Waals surface area contributed by atoms with Crippen molar-refractivity contribution in [2.75, 3.05) is 0 Å². The average molecular weight is 339 g/mol. The zero-order chi connectivity index (χ0) is 17.6. The summed E-state index contributed by atoms with van der Waals surface area (Å²) < 4.78 is 13.6. The maximum atomic E-state index is 13.6. The Kier molecular flexibility index (Phi) is 4.96. The van der Waals surface area contributed by atoms with Gasteiger partial charge in [0.05, 0.1) is 11.7 Å². The molecule has 2 aromatic carbocycles. The molecule has 1 heterocycles. The maximum absolute atomic E-state index is 13.6. The molecule has 0 aliphatic heterocycles. The van der Waals surface area contributed by atoms with Gasteiger partial charge in [-0.25, -0.2) is 9.87 Å². The molecule has 0 unspecified atom stereocenters. The van der Waals surface area contributed by atoms with E-state index in [1.807, 2.05) is 0 Å². The van der Waals surface area contributed by atoms with Gasteiger partial charge in [-0.2, -0.15) is 0 Å². The fraction of sp³-hybridized carbons (Fsp3) is 0.0556. The van der Waals surface area contributed by atoms with Crippen molar-refractivity contribution in [2.45, 2.75) is 6.61 Å². The van der Waals surface area contributed by atoms with Crippen LogP contribution in [0.1, 0.15) is 21.5 Å². The number of nitrogens with one attached hydrogen (secondary N) is 1. The molecule has 0 saturated carbocycles. The minimum Gasteiger partial charge on any atom is -0.391 e. The lowest BCUT2D eigenvalue weighted by Gasteiger charge is -2.05. The number of pyridine rings is 1. The predicted molar refractivity (Wildman–Crippen MR) is 89.8 cm³/mol. The van der Waals surface area contributed by atoms with Gasteiger partial charge in [-0.1, -0.05) is 23.4 Å². The Hall–Kier alpha value is -3.32. The molecule has 25 heavy (non-hydrogen) atoms. The van der Waals surface area contributed by atoms with Crippen LogP contribution in [0.4, 0.5) is 4.39 Å². The number of fused-ring (bicyclic) bond motifs is 1. The van der Waals surface area contributed by atoms with Crippen LogP contribution in [0.25, 0.3) is 10.9 Å². The Balaban J connectivity index is 1.67. The number of hydrogen-bond donors (Lipinski definition) is 2. The number of hydroxylamine groups is 1. The Labute approximate surface area is 142 Å². The summed E-state index contributed by atoms with van der Waals surface area (Å²) in [4.78, 5) is 20.7. The second kappa shape index (κ2) is 7.50. The van der Waals surface area contributed by atoms with Crippen molar-refractivity contribution in [3.63, 3.8) is 0 Å². The third kappa shape index (κ3) is 3.96. The van der Waals surface area contributed by atoms with E-state index in [0.717, 1.165) is 0 Å². The van der Waals surface area contributed by atoms with Crippen LogP contribution >= 0.6 is 0 Å². The van der Waals surface area contributed by atoms with Gasteiger partial charge in [-0.05, 0) is 35.9 Å². The van der Waals surface area contributed by atoms with E-state index in [1.165, 1.54) is 30.5 Å². The molecule has 0 atom stereocenters. The van der Waals surface area contributed by atoms with Gasteiger partial charge in [0.25, 0.3) is 5.91 Å². The normalized spacial score (nSPS) is 11.0. The van der Waals surface area contributed by atoms with Crippen LogP contribution in [0.15, 0.2) is 59.9 Å². The van der Waals surface area contributed by atoms with Crippen LogP contribution in [0.3, 0.4) is 0 Å². The molecule has 0 radical (unpaired) electrons. The highest BCUT2D eigenvalue weighted by atomic mass is 19.1. The molecule has 7 heteroatoms. The van der Waals surface area contributed by atoms with E-state index in [1.54, 1.807) is 35.9 Å². The van der Waals surface area contributed by atoms with Crippen molar-refractivity contribution in [1.29, 1.82) is 0 Å². The number of benzene rings is 2. The SMILES string of the molecule is O=C(NO)c1ccc(/C=N/OCc2cc(F)cc3cccnc23)cc1. The van der Waals surface area contributed by atoms with Gasteiger partial charge >= 0.3 is 0 Å². The van der Waals surface area contributed by atoms with E-state index in [-0.39, 0.29) is 12.4 Å². The van der Waals surface area contributed by atoms with Crippen LogP contribution in [0, 0.1) is 5.82 Å². The van der Waals surface area contributed by atoms with Gasteiger partial charge in [-0.3, -0.25) is 15.0 Å². The molecular weight excluding hydrogens is 325 g/mol. The van der Waals surface area contributed by atoms with E-state index in [0.29, 0.717) is 27.6 Å². The van der Waals surface area contributed by atoms with Gasteiger partial charge in [0.15, 0.2) is 0 Å². The molecule has 0 aliphatic rings. The second-order valence-corrected chi connectivity index (χ2v) is 5.21. The zero-order valence-corrected chi connectivity index (χ0v) is 13.0. The molecule has 126 valence electrons. The number of aromatic nitrogens is 1. The van der Waals surface area contributed by atoms with Crippen molar-refractivity contribution in [2.24, 2.45) is 5.16 Å². The number of oxime groups is 1. The average Bonchev–Trinajstić information content (AvgIpc) is 2.64. The number of amides is 1. The fourth-order valence-electron chi connectivity index (χ4n) is 2.33. The minimum absolute atomic E-state index is 0.0762. The van der Waals surface area contributed by atoms with Crippen LogP contribution in [-0.2, 0) is 11.4 Å². The summed E-state index contributed by atoms with van der Waals surface area (Å²) in [5.74, 6) is -0.953. The molecule has 1 aromatic heterocycles. The second-order valence-electron chi connectivity index (χ2n) is 5.21. The Morgan fingerprint density at radius 3 is 2.84 bits per heavy atom. The van der Waals surface area contributed by atoms with Crippen LogP contribution < -0.4 is 5.48 Å². The van der Waals surface area contributed by atoms with E-state index < -0.39 is 5.91 Å². The Bertz CT molecular complexity index is 927. The maximum Gasteiger partial charge on any atom is 0.274 e. The van der Waals surface area contributed by atoms with Crippen molar-refractivity contribution >= 4 is 23.0 Å². The van der Waals surface area contributed by atoms with Crippen molar-refractivity contribution in [1.82, 2.24) is 10.5 Å². The third-order valence-electron chi connectivity index (χ3n) is 3.52. The van der Waals surface area contributed by atoms with E-state index in [9.17, 15) is 9.18 Å². The minimum atomic E-state index is -0.592. The third-order valence-corrected chi connectivity index (χ3v) is 3.52. The number of carbonyl (C=O) groups is 1. The standard InChI is InChI=1S/C18H14FN3O3/c19-16-8-14-2-1-7-20-17(14)15(9-16)11-25-21-10-12-3-5-13(6-4-12)18(23)22-24/h1-10,24H,11H2,(H,22,23)/b21-10+. The first kappa shape index (κ1) is 16.5. The fourth-order valence-corrected chi connectivity index (χ4v) is 2.33.